The van der Waals surface area contributed by atoms with Crippen LogP contribution in [0.4, 0.5) is 11.5 Å². The first-order chi connectivity index (χ1) is 16.2. The van der Waals surface area contributed by atoms with E-state index in [0.29, 0.717) is 11.3 Å². The molecule has 0 aromatic carbocycles. The van der Waals surface area contributed by atoms with E-state index >= 15 is 0 Å². The number of aromatic nitrogens is 5. The summed E-state index contributed by atoms with van der Waals surface area (Å²) >= 11 is 0. The number of hydrogen-bond acceptors (Lipinski definition) is 6. The summed E-state index contributed by atoms with van der Waals surface area (Å²) in [6.07, 6.45) is 9.00. The molecule has 3 N–H and O–H groups in total. The first-order valence-electron chi connectivity index (χ1n) is 10.9. The van der Waals surface area contributed by atoms with E-state index < -0.39 is 0 Å². The molecule has 0 radical (unpaired) electrons. The number of rotatable bonds is 4. The predicted octanol–water partition coefficient (Wildman–Crippen LogP) is 2.93. The quantitative estimate of drug-likeness (QED) is 0.399. The highest BCUT2D eigenvalue weighted by molar-refractivity contribution is 6.06. The number of pyridine rings is 3. The smallest absolute Gasteiger partial charge is 0.255 e. The van der Waals surface area contributed by atoms with Crippen LogP contribution in [0, 0.1) is 0 Å². The molecule has 0 atom stereocenters. The number of aromatic amines is 1. The molecule has 6 heterocycles. The van der Waals surface area contributed by atoms with Gasteiger partial charge in [-0.1, -0.05) is 0 Å². The van der Waals surface area contributed by atoms with Crippen LogP contribution >= 0.6 is 0 Å². The molecular formula is C24H22N8O. The minimum absolute atomic E-state index is 0.187. The van der Waals surface area contributed by atoms with E-state index in [2.05, 4.69) is 41.7 Å². The third kappa shape index (κ3) is 3.68. The fraction of sp³-hybridized carbons (Fsp3) is 0.167. The van der Waals surface area contributed by atoms with Crippen LogP contribution in [0.1, 0.15) is 10.4 Å². The molecule has 0 spiro atoms. The van der Waals surface area contributed by atoms with Gasteiger partial charge in [0.05, 0.1) is 17.4 Å². The number of nitrogens with one attached hydrogen (secondary N) is 3. The molecule has 5 aromatic heterocycles. The minimum atomic E-state index is -0.187. The number of fused-ring (bicyclic) bond motifs is 2. The Morgan fingerprint density at radius 2 is 1.94 bits per heavy atom. The van der Waals surface area contributed by atoms with E-state index in [1.165, 1.54) is 0 Å². The first-order valence-corrected chi connectivity index (χ1v) is 10.9. The van der Waals surface area contributed by atoms with Crippen molar-refractivity contribution in [1.82, 2.24) is 29.9 Å². The molecule has 164 valence electrons. The van der Waals surface area contributed by atoms with Gasteiger partial charge in [0.25, 0.3) is 5.91 Å². The third-order valence-electron chi connectivity index (χ3n) is 5.95. The Morgan fingerprint density at radius 1 is 1.03 bits per heavy atom. The van der Waals surface area contributed by atoms with Gasteiger partial charge in [0.2, 0.25) is 0 Å². The van der Waals surface area contributed by atoms with Crippen LogP contribution in [-0.4, -0.2) is 56.7 Å². The van der Waals surface area contributed by atoms with E-state index in [1.807, 2.05) is 41.2 Å². The van der Waals surface area contributed by atoms with Crippen molar-refractivity contribution in [2.24, 2.45) is 0 Å². The van der Waals surface area contributed by atoms with Crippen molar-refractivity contribution in [3.8, 4) is 11.1 Å². The largest absolute Gasteiger partial charge is 0.354 e. The van der Waals surface area contributed by atoms with Crippen LogP contribution in [0.25, 0.3) is 27.7 Å². The van der Waals surface area contributed by atoms with Crippen LogP contribution in [0.3, 0.4) is 0 Å². The molecule has 0 aliphatic carbocycles. The van der Waals surface area contributed by atoms with Crippen molar-refractivity contribution in [2.75, 3.05) is 36.4 Å². The molecule has 1 fully saturated rings. The van der Waals surface area contributed by atoms with E-state index in [1.54, 1.807) is 24.7 Å². The second-order valence-electron chi connectivity index (χ2n) is 8.03. The topological polar surface area (TPSA) is 103 Å². The molecule has 1 saturated heterocycles. The van der Waals surface area contributed by atoms with Crippen LogP contribution in [0.15, 0.2) is 67.4 Å². The normalized spacial score (nSPS) is 14.1. The van der Waals surface area contributed by atoms with Gasteiger partial charge in [-0.15, -0.1) is 0 Å². The zero-order valence-corrected chi connectivity index (χ0v) is 17.8. The van der Waals surface area contributed by atoms with Crippen molar-refractivity contribution in [3.63, 3.8) is 0 Å². The van der Waals surface area contributed by atoms with E-state index in [-0.39, 0.29) is 5.91 Å². The summed E-state index contributed by atoms with van der Waals surface area (Å²) in [5, 5.41) is 11.5. The van der Waals surface area contributed by atoms with Crippen LogP contribution in [-0.2, 0) is 0 Å². The number of carbonyl (C=O) groups excluding carboxylic acids is 1. The van der Waals surface area contributed by atoms with Crippen LogP contribution in [0.2, 0.25) is 0 Å². The monoisotopic (exact) mass is 438 g/mol. The third-order valence-corrected chi connectivity index (χ3v) is 5.95. The molecule has 1 amide bonds. The SMILES string of the molecule is O=C(Nc1cnc2[nH]cc(-c3ccn4nccc4c3)c2c1)c1ccnc(N2CCNCC2)c1. The van der Waals surface area contributed by atoms with Gasteiger partial charge in [0, 0.05) is 67.5 Å². The summed E-state index contributed by atoms with van der Waals surface area (Å²) < 4.78 is 1.83. The number of H-pyrrole nitrogens is 1. The zero-order chi connectivity index (χ0) is 22.2. The summed E-state index contributed by atoms with van der Waals surface area (Å²) in [4.78, 5) is 27.3. The molecule has 1 aliphatic heterocycles. The van der Waals surface area contributed by atoms with Crippen LogP contribution < -0.4 is 15.5 Å². The lowest BCUT2D eigenvalue weighted by atomic mass is 10.1. The van der Waals surface area contributed by atoms with Crippen LogP contribution in [0.5, 0.6) is 0 Å². The Hall–Kier alpha value is -4.24. The predicted molar refractivity (Wildman–Crippen MR) is 128 cm³/mol. The van der Waals surface area contributed by atoms with Gasteiger partial charge < -0.3 is 20.5 Å². The number of nitrogens with zero attached hydrogens (tertiary/aromatic N) is 5. The van der Waals surface area contributed by atoms with Gasteiger partial charge in [-0.3, -0.25) is 4.79 Å². The molecule has 0 saturated carbocycles. The van der Waals surface area contributed by atoms with Gasteiger partial charge in [-0.25, -0.2) is 14.5 Å². The Balaban J connectivity index is 1.28. The molecular weight excluding hydrogens is 416 g/mol. The van der Waals surface area contributed by atoms with Gasteiger partial charge in [-0.05, 0) is 42.0 Å². The van der Waals surface area contributed by atoms with E-state index in [0.717, 1.165) is 59.7 Å². The lowest BCUT2D eigenvalue weighted by molar-refractivity contribution is 0.102. The maximum Gasteiger partial charge on any atom is 0.255 e. The number of hydrogen-bond donors (Lipinski definition) is 3. The summed E-state index contributed by atoms with van der Waals surface area (Å²) in [5.74, 6) is 0.633. The maximum absolute atomic E-state index is 13.0. The second kappa shape index (κ2) is 8.03. The maximum atomic E-state index is 13.0. The van der Waals surface area contributed by atoms with Gasteiger partial charge >= 0.3 is 0 Å². The van der Waals surface area contributed by atoms with Gasteiger partial charge in [0.15, 0.2) is 0 Å². The average molecular weight is 438 g/mol. The number of amides is 1. The lowest BCUT2D eigenvalue weighted by Gasteiger charge is -2.28. The Labute approximate surface area is 189 Å². The Bertz CT molecular complexity index is 1460. The summed E-state index contributed by atoms with van der Waals surface area (Å²) in [6, 6.07) is 11.6. The van der Waals surface area contributed by atoms with Crippen molar-refractivity contribution < 1.29 is 4.79 Å². The zero-order valence-electron chi connectivity index (χ0n) is 17.8. The molecule has 0 bridgehead atoms. The fourth-order valence-electron chi connectivity index (χ4n) is 4.23. The molecule has 9 nitrogen and oxygen atoms in total. The number of carbonyl (C=O) groups is 1. The Kier molecular flexibility index (Phi) is 4.73. The summed E-state index contributed by atoms with van der Waals surface area (Å²) in [5.41, 5.74) is 5.05. The number of piperazine rings is 1. The van der Waals surface area contributed by atoms with Gasteiger partial charge in [-0.2, -0.15) is 5.10 Å². The van der Waals surface area contributed by atoms with Gasteiger partial charge in [0.1, 0.15) is 11.5 Å². The highest BCUT2D eigenvalue weighted by Gasteiger charge is 2.15. The van der Waals surface area contributed by atoms with Crippen molar-refractivity contribution in [3.05, 3.63) is 72.9 Å². The highest BCUT2D eigenvalue weighted by Crippen LogP contribution is 2.30. The Morgan fingerprint density at radius 3 is 2.85 bits per heavy atom. The molecule has 5 aromatic rings. The molecule has 6 rings (SSSR count). The molecule has 1 aliphatic rings. The summed E-state index contributed by atoms with van der Waals surface area (Å²) in [7, 11) is 0. The van der Waals surface area contributed by atoms with Crippen molar-refractivity contribution >= 4 is 34.0 Å². The molecule has 9 heteroatoms. The second-order valence-corrected chi connectivity index (χ2v) is 8.03. The average Bonchev–Trinajstić information content (AvgIpc) is 3.51. The van der Waals surface area contributed by atoms with Crippen molar-refractivity contribution in [2.45, 2.75) is 0 Å². The molecule has 33 heavy (non-hydrogen) atoms. The summed E-state index contributed by atoms with van der Waals surface area (Å²) in [6.45, 7) is 3.58. The fourth-order valence-corrected chi connectivity index (χ4v) is 4.23. The number of anilines is 2. The standard InChI is InChI=1S/C24H22N8O/c33-24(17-1-4-26-22(12-17)31-9-6-25-7-10-31)30-18-13-20-21(15-28-23(20)27-14-18)16-3-8-32-19(11-16)2-5-29-32/h1-5,8,11-15,25H,6-7,9-10H2,(H,27,28)(H,30,33). The van der Waals surface area contributed by atoms with E-state index in [9.17, 15) is 4.79 Å². The highest BCUT2D eigenvalue weighted by atomic mass is 16.1. The van der Waals surface area contributed by atoms with Crippen molar-refractivity contribution in [1.29, 1.82) is 0 Å². The minimum Gasteiger partial charge on any atom is -0.354 e. The first kappa shape index (κ1) is 19.4. The lowest BCUT2D eigenvalue weighted by Crippen LogP contribution is -2.43. The van der Waals surface area contributed by atoms with E-state index in [4.69, 9.17) is 0 Å². The molecule has 0 unspecified atom stereocenters.